The summed E-state index contributed by atoms with van der Waals surface area (Å²) < 4.78 is 1.84. The van der Waals surface area contributed by atoms with E-state index in [0.29, 0.717) is 11.9 Å². The zero-order valence-corrected chi connectivity index (χ0v) is 14.8. The Morgan fingerprint density at radius 2 is 2.00 bits per heavy atom. The standard InChI is InChI=1S/C19H30N4O/c1-22-13-15(10-21-22)16-11-20-12-17(16)19(24)23-9-5-8-18(23)14-6-3-2-4-7-14/h10,13-14,16-18,20H,2-9,11-12H2,1H3/t16-,17+,18?/m1/s1. The summed E-state index contributed by atoms with van der Waals surface area (Å²) in [5.74, 6) is 1.50. The molecule has 24 heavy (non-hydrogen) atoms. The first kappa shape index (κ1) is 16.1. The third-order valence-corrected chi connectivity index (χ3v) is 6.46. The van der Waals surface area contributed by atoms with Crippen molar-refractivity contribution in [3.8, 4) is 0 Å². The lowest BCUT2D eigenvalue weighted by Crippen LogP contribution is -2.45. The first-order valence-corrected chi connectivity index (χ1v) is 9.74. The van der Waals surface area contributed by atoms with Crippen molar-refractivity contribution >= 4 is 5.91 Å². The van der Waals surface area contributed by atoms with Crippen LogP contribution in [0.15, 0.2) is 12.4 Å². The van der Waals surface area contributed by atoms with Crippen LogP contribution in [0.2, 0.25) is 0 Å². The molecule has 1 aromatic rings. The Bertz CT molecular complexity index is 578. The van der Waals surface area contributed by atoms with Crippen LogP contribution >= 0.6 is 0 Å². The Labute approximate surface area is 144 Å². The highest BCUT2D eigenvalue weighted by atomic mass is 16.2. The monoisotopic (exact) mass is 330 g/mol. The van der Waals surface area contributed by atoms with E-state index in [-0.39, 0.29) is 11.8 Å². The highest BCUT2D eigenvalue weighted by molar-refractivity contribution is 5.81. The smallest absolute Gasteiger partial charge is 0.227 e. The van der Waals surface area contributed by atoms with E-state index in [1.807, 2.05) is 17.9 Å². The fraction of sp³-hybridized carbons (Fsp3) is 0.789. The maximum Gasteiger partial charge on any atom is 0.227 e. The van der Waals surface area contributed by atoms with Gasteiger partial charge in [-0.3, -0.25) is 9.48 Å². The van der Waals surface area contributed by atoms with E-state index < -0.39 is 0 Å². The van der Waals surface area contributed by atoms with Gasteiger partial charge in [0, 0.05) is 44.8 Å². The highest BCUT2D eigenvalue weighted by Crippen LogP contribution is 2.37. The van der Waals surface area contributed by atoms with Crippen LogP contribution in [0.5, 0.6) is 0 Å². The summed E-state index contributed by atoms with van der Waals surface area (Å²) in [6.07, 6.45) is 13.1. The summed E-state index contributed by atoms with van der Waals surface area (Å²) >= 11 is 0. The van der Waals surface area contributed by atoms with Crippen molar-refractivity contribution in [1.82, 2.24) is 20.0 Å². The molecule has 1 aromatic heterocycles. The number of aromatic nitrogens is 2. The molecule has 2 aliphatic heterocycles. The lowest BCUT2D eigenvalue weighted by molar-refractivity contribution is -0.137. The van der Waals surface area contributed by atoms with Gasteiger partial charge in [-0.2, -0.15) is 5.10 Å². The summed E-state index contributed by atoms with van der Waals surface area (Å²) in [5, 5.41) is 7.75. The van der Waals surface area contributed by atoms with Crippen LogP contribution in [0, 0.1) is 11.8 Å². The summed E-state index contributed by atoms with van der Waals surface area (Å²) in [7, 11) is 1.95. The number of aryl methyl sites for hydroxylation is 1. The van der Waals surface area contributed by atoms with Crippen molar-refractivity contribution in [2.24, 2.45) is 18.9 Å². The Balaban J connectivity index is 1.49. The van der Waals surface area contributed by atoms with Crippen LogP contribution in [0.25, 0.3) is 0 Å². The van der Waals surface area contributed by atoms with Gasteiger partial charge in [0.2, 0.25) is 5.91 Å². The molecular formula is C19H30N4O. The summed E-state index contributed by atoms with van der Waals surface area (Å²) in [5.41, 5.74) is 1.20. The normalized spacial score (nSPS) is 31.7. The number of likely N-dealkylation sites (tertiary alicyclic amines) is 1. The predicted octanol–water partition coefficient (Wildman–Crippen LogP) is 2.29. The van der Waals surface area contributed by atoms with Crippen LogP contribution in [0.1, 0.15) is 56.4 Å². The van der Waals surface area contributed by atoms with Crippen molar-refractivity contribution in [3.63, 3.8) is 0 Å². The molecule has 0 spiro atoms. The molecule has 3 aliphatic rings. The number of nitrogens with zero attached hydrogens (tertiary/aromatic N) is 3. The maximum absolute atomic E-state index is 13.3. The minimum Gasteiger partial charge on any atom is -0.339 e. The zero-order valence-electron chi connectivity index (χ0n) is 14.8. The lowest BCUT2D eigenvalue weighted by Gasteiger charge is -2.36. The van der Waals surface area contributed by atoms with E-state index in [9.17, 15) is 4.79 Å². The van der Waals surface area contributed by atoms with Gasteiger partial charge in [-0.15, -0.1) is 0 Å². The van der Waals surface area contributed by atoms with Gasteiger partial charge >= 0.3 is 0 Å². The number of nitrogens with one attached hydrogen (secondary N) is 1. The van der Waals surface area contributed by atoms with Gasteiger partial charge in [-0.25, -0.2) is 0 Å². The number of amides is 1. The second-order valence-electron chi connectivity index (χ2n) is 7.96. The van der Waals surface area contributed by atoms with Gasteiger partial charge in [0.05, 0.1) is 12.1 Å². The molecule has 3 atom stereocenters. The average molecular weight is 330 g/mol. The molecule has 1 unspecified atom stereocenters. The molecule has 5 heteroatoms. The molecule has 1 saturated carbocycles. The van der Waals surface area contributed by atoms with Crippen molar-refractivity contribution < 1.29 is 4.79 Å². The molecule has 0 bridgehead atoms. The van der Waals surface area contributed by atoms with Gasteiger partial charge < -0.3 is 10.2 Å². The van der Waals surface area contributed by atoms with Crippen molar-refractivity contribution in [2.45, 2.75) is 56.9 Å². The molecule has 132 valence electrons. The Hall–Kier alpha value is -1.36. The minimum atomic E-state index is 0.0818. The first-order valence-electron chi connectivity index (χ1n) is 9.74. The molecule has 5 nitrogen and oxygen atoms in total. The van der Waals surface area contributed by atoms with Gasteiger partial charge in [-0.1, -0.05) is 19.3 Å². The molecule has 2 saturated heterocycles. The van der Waals surface area contributed by atoms with Crippen LogP contribution in [0.3, 0.4) is 0 Å². The predicted molar refractivity (Wildman–Crippen MR) is 93.6 cm³/mol. The van der Waals surface area contributed by atoms with Gasteiger partial charge in [0.15, 0.2) is 0 Å². The second kappa shape index (κ2) is 6.87. The fourth-order valence-corrected chi connectivity index (χ4v) is 5.21. The molecule has 0 radical (unpaired) electrons. The van der Waals surface area contributed by atoms with E-state index in [1.165, 1.54) is 50.5 Å². The topological polar surface area (TPSA) is 50.2 Å². The fourth-order valence-electron chi connectivity index (χ4n) is 5.21. The summed E-state index contributed by atoms with van der Waals surface area (Å²) in [4.78, 5) is 15.6. The quantitative estimate of drug-likeness (QED) is 0.925. The molecule has 1 amide bonds. The van der Waals surface area contributed by atoms with Crippen LogP contribution in [0.4, 0.5) is 0 Å². The van der Waals surface area contributed by atoms with Crippen molar-refractivity contribution in [3.05, 3.63) is 18.0 Å². The van der Waals surface area contributed by atoms with Crippen LogP contribution in [-0.2, 0) is 11.8 Å². The third kappa shape index (κ3) is 2.99. The average Bonchev–Trinajstić information content (AvgIpc) is 3.34. The Kier molecular flexibility index (Phi) is 4.61. The van der Waals surface area contributed by atoms with E-state index in [0.717, 1.165) is 25.6 Å². The molecule has 0 aromatic carbocycles. The van der Waals surface area contributed by atoms with Crippen molar-refractivity contribution in [1.29, 1.82) is 0 Å². The number of carbonyl (C=O) groups is 1. The van der Waals surface area contributed by atoms with E-state index in [4.69, 9.17) is 0 Å². The largest absolute Gasteiger partial charge is 0.339 e. The molecule has 3 fully saturated rings. The summed E-state index contributed by atoms with van der Waals surface area (Å²) in [6.45, 7) is 2.67. The molecular weight excluding hydrogens is 300 g/mol. The van der Waals surface area contributed by atoms with E-state index in [1.54, 1.807) is 0 Å². The van der Waals surface area contributed by atoms with Gasteiger partial charge in [0.1, 0.15) is 0 Å². The van der Waals surface area contributed by atoms with Gasteiger partial charge in [0.25, 0.3) is 0 Å². The summed E-state index contributed by atoms with van der Waals surface area (Å²) in [6, 6.07) is 0.507. The van der Waals surface area contributed by atoms with Gasteiger partial charge in [-0.05, 0) is 37.2 Å². The highest BCUT2D eigenvalue weighted by Gasteiger charge is 2.42. The molecule has 1 N–H and O–H groups in total. The van der Waals surface area contributed by atoms with Crippen LogP contribution < -0.4 is 5.32 Å². The third-order valence-electron chi connectivity index (χ3n) is 6.46. The SMILES string of the molecule is Cn1cc([C@H]2CNC[C@@H]2C(=O)N2CCCC2C2CCCCC2)cn1. The molecule has 4 rings (SSSR count). The molecule has 1 aliphatic carbocycles. The Morgan fingerprint density at radius 3 is 2.75 bits per heavy atom. The lowest BCUT2D eigenvalue weighted by atomic mass is 9.82. The Morgan fingerprint density at radius 1 is 1.17 bits per heavy atom. The number of hydrogen-bond donors (Lipinski definition) is 1. The number of carbonyl (C=O) groups excluding carboxylic acids is 1. The van der Waals surface area contributed by atoms with E-state index in [2.05, 4.69) is 21.5 Å². The number of rotatable bonds is 3. The van der Waals surface area contributed by atoms with Crippen LogP contribution in [-0.4, -0.2) is 46.3 Å². The zero-order chi connectivity index (χ0) is 16.5. The maximum atomic E-state index is 13.3. The van der Waals surface area contributed by atoms with E-state index >= 15 is 0 Å². The second-order valence-corrected chi connectivity index (χ2v) is 7.96. The number of hydrogen-bond acceptors (Lipinski definition) is 3. The van der Waals surface area contributed by atoms with Crippen molar-refractivity contribution in [2.75, 3.05) is 19.6 Å². The first-order chi connectivity index (χ1) is 11.7. The molecule has 3 heterocycles. The minimum absolute atomic E-state index is 0.0818.